The summed E-state index contributed by atoms with van der Waals surface area (Å²) < 4.78 is 0. The fraction of sp³-hybridized carbons (Fsp3) is 1.00. The average molecular weight is 270 g/mol. The van der Waals surface area contributed by atoms with Crippen molar-refractivity contribution < 1.29 is 0 Å². The van der Waals surface area contributed by atoms with Gasteiger partial charge < -0.3 is 15.1 Å². The Balaban J connectivity index is 2.79. The first-order valence-corrected chi connectivity index (χ1v) is 7.61. The number of likely N-dealkylation sites (N-methyl/N-ethyl adjacent to an activating group) is 2. The van der Waals surface area contributed by atoms with E-state index in [1.54, 1.807) is 0 Å². The number of likely N-dealkylation sites (tertiary alicyclic amines) is 1. The van der Waals surface area contributed by atoms with E-state index in [4.69, 9.17) is 0 Å². The molecule has 0 radical (unpaired) electrons. The molecule has 0 aliphatic carbocycles. The molecule has 2 atom stereocenters. The summed E-state index contributed by atoms with van der Waals surface area (Å²) in [5, 5.41) is 3.34. The molecule has 0 aromatic heterocycles. The standard InChI is InChI=1S/C15H34N4/c1-14-7-10-19(12-11-17(3)4)15(14,8-9-16-2)13-18(5)6/h14,16H,7-13H2,1-6H3. The molecule has 1 saturated heterocycles. The van der Waals surface area contributed by atoms with Gasteiger partial charge in [-0.05, 0) is 67.1 Å². The summed E-state index contributed by atoms with van der Waals surface area (Å²) in [6, 6.07) is 0. The number of nitrogens with one attached hydrogen (secondary N) is 1. The first-order chi connectivity index (χ1) is 8.92. The lowest BCUT2D eigenvalue weighted by Crippen LogP contribution is -2.56. The van der Waals surface area contributed by atoms with Crippen LogP contribution >= 0.6 is 0 Å². The van der Waals surface area contributed by atoms with Crippen molar-refractivity contribution in [1.82, 2.24) is 20.0 Å². The zero-order chi connectivity index (χ0) is 14.5. The van der Waals surface area contributed by atoms with Crippen LogP contribution in [-0.4, -0.2) is 88.2 Å². The van der Waals surface area contributed by atoms with Crippen LogP contribution in [0.5, 0.6) is 0 Å². The Morgan fingerprint density at radius 3 is 2.42 bits per heavy atom. The Hall–Kier alpha value is -0.160. The van der Waals surface area contributed by atoms with E-state index in [2.05, 4.69) is 62.2 Å². The highest BCUT2D eigenvalue weighted by atomic mass is 15.3. The summed E-state index contributed by atoms with van der Waals surface area (Å²) in [7, 11) is 10.8. The monoisotopic (exact) mass is 270 g/mol. The minimum Gasteiger partial charge on any atom is -0.320 e. The lowest BCUT2D eigenvalue weighted by atomic mass is 9.82. The lowest BCUT2D eigenvalue weighted by molar-refractivity contribution is 0.0606. The molecule has 1 aliphatic heterocycles. The molecule has 19 heavy (non-hydrogen) atoms. The van der Waals surface area contributed by atoms with E-state index in [9.17, 15) is 0 Å². The highest BCUT2D eigenvalue weighted by Gasteiger charge is 2.45. The van der Waals surface area contributed by atoms with Gasteiger partial charge in [0, 0.05) is 25.2 Å². The van der Waals surface area contributed by atoms with Crippen molar-refractivity contribution in [3.8, 4) is 0 Å². The molecule has 4 nitrogen and oxygen atoms in total. The van der Waals surface area contributed by atoms with E-state index in [1.807, 2.05) is 0 Å². The molecule has 1 heterocycles. The maximum Gasteiger partial charge on any atom is 0.0374 e. The van der Waals surface area contributed by atoms with Crippen LogP contribution in [0.25, 0.3) is 0 Å². The molecule has 1 rings (SSSR count). The molecular formula is C15H34N4. The third-order valence-corrected chi connectivity index (χ3v) is 4.59. The SMILES string of the molecule is CNCCC1(CN(C)C)C(C)CCN1CCN(C)C. The van der Waals surface area contributed by atoms with Gasteiger partial charge in [0.15, 0.2) is 0 Å². The van der Waals surface area contributed by atoms with E-state index in [1.165, 1.54) is 32.5 Å². The van der Waals surface area contributed by atoms with Crippen LogP contribution in [0.3, 0.4) is 0 Å². The molecular weight excluding hydrogens is 236 g/mol. The van der Waals surface area contributed by atoms with E-state index in [0.29, 0.717) is 5.54 Å². The van der Waals surface area contributed by atoms with Crippen molar-refractivity contribution in [2.24, 2.45) is 5.92 Å². The van der Waals surface area contributed by atoms with Crippen molar-refractivity contribution in [3.63, 3.8) is 0 Å². The minimum absolute atomic E-state index is 0.350. The summed E-state index contributed by atoms with van der Waals surface area (Å²) in [6.45, 7) is 8.32. The molecule has 0 aromatic carbocycles. The van der Waals surface area contributed by atoms with Crippen molar-refractivity contribution in [2.75, 3.05) is 68.0 Å². The van der Waals surface area contributed by atoms with Gasteiger partial charge in [0.2, 0.25) is 0 Å². The van der Waals surface area contributed by atoms with Crippen LogP contribution in [0.15, 0.2) is 0 Å². The van der Waals surface area contributed by atoms with Crippen LogP contribution in [0, 0.1) is 5.92 Å². The van der Waals surface area contributed by atoms with Crippen LogP contribution in [0.2, 0.25) is 0 Å². The quantitative estimate of drug-likeness (QED) is 0.704. The molecule has 2 unspecified atom stereocenters. The molecule has 1 aliphatic rings. The largest absolute Gasteiger partial charge is 0.320 e. The van der Waals surface area contributed by atoms with Gasteiger partial charge in [-0.2, -0.15) is 0 Å². The maximum absolute atomic E-state index is 3.34. The Bertz CT molecular complexity index is 255. The second-order valence-corrected chi connectivity index (χ2v) is 6.67. The zero-order valence-electron chi connectivity index (χ0n) is 13.9. The predicted octanol–water partition coefficient (Wildman–Crippen LogP) is 0.800. The predicted molar refractivity (Wildman–Crippen MR) is 83.7 cm³/mol. The van der Waals surface area contributed by atoms with E-state index in [0.717, 1.165) is 19.0 Å². The fourth-order valence-corrected chi connectivity index (χ4v) is 3.44. The molecule has 0 spiro atoms. The molecule has 0 aromatic rings. The van der Waals surface area contributed by atoms with Gasteiger partial charge in [-0.3, -0.25) is 4.90 Å². The van der Waals surface area contributed by atoms with E-state index >= 15 is 0 Å². The molecule has 114 valence electrons. The fourth-order valence-electron chi connectivity index (χ4n) is 3.44. The molecule has 0 saturated carbocycles. The van der Waals surface area contributed by atoms with Crippen LogP contribution in [0.1, 0.15) is 19.8 Å². The van der Waals surface area contributed by atoms with E-state index in [-0.39, 0.29) is 0 Å². The van der Waals surface area contributed by atoms with Crippen molar-refractivity contribution in [1.29, 1.82) is 0 Å². The normalized spacial score (nSPS) is 28.7. The van der Waals surface area contributed by atoms with Gasteiger partial charge in [0.25, 0.3) is 0 Å². The Labute approximate surface area is 120 Å². The van der Waals surface area contributed by atoms with Gasteiger partial charge in [0.05, 0.1) is 0 Å². The number of hydrogen-bond acceptors (Lipinski definition) is 4. The van der Waals surface area contributed by atoms with Crippen molar-refractivity contribution >= 4 is 0 Å². The maximum atomic E-state index is 3.34. The van der Waals surface area contributed by atoms with Crippen LogP contribution in [-0.2, 0) is 0 Å². The number of hydrogen-bond donors (Lipinski definition) is 1. The van der Waals surface area contributed by atoms with Gasteiger partial charge >= 0.3 is 0 Å². The third kappa shape index (κ3) is 4.42. The lowest BCUT2D eigenvalue weighted by Gasteiger charge is -2.44. The molecule has 0 bridgehead atoms. The topological polar surface area (TPSA) is 21.8 Å². The first kappa shape index (κ1) is 16.9. The van der Waals surface area contributed by atoms with E-state index < -0.39 is 0 Å². The number of nitrogens with zero attached hydrogens (tertiary/aromatic N) is 3. The van der Waals surface area contributed by atoms with Gasteiger partial charge in [-0.25, -0.2) is 0 Å². The smallest absolute Gasteiger partial charge is 0.0374 e. The number of rotatable bonds is 8. The third-order valence-electron chi connectivity index (χ3n) is 4.59. The van der Waals surface area contributed by atoms with Gasteiger partial charge in [-0.15, -0.1) is 0 Å². The van der Waals surface area contributed by atoms with Gasteiger partial charge in [-0.1, -0.05) is 6.92 Å². The molecule has 4 heteroatoms. The Kier molecular flexibility index (Phi) is 6.74. The zero-order valence-corrected chi connectivity index (χ0v) is 13.9. The first-order valence-electron chi connectivity index (χ1n) is 7.61. The molecule has 1 fully saturated rings. The van der Waals surface area contributed by atoms with Crippen molar-refractivity contribution in [3.05, 3.63) is 0 Å². The summed E-state index contributed by atoms with van der Waals surface area (Å²) >= 11 is 0. The van der Waals surface area contributed by atoms with Crippen molar-refractivity contribution in [2.45, 2.75) is 25.3 Å². The summed E-state index contributed by atoms with van der Waals surface area (Å²) in [5.74, 6) is 0.783. The summed E-state index contributed by atoms with van der Waals surface area (Å²) in [4.78, 5) is 7.40. The van der Waals surface area contributed by atoms with Crippen LogP contribution in [0.4, 0.5) is 0 Å². The summed E-state index contributed by atoms with van der Waals surface area (Å²) in [5.41, 5.74) is 0.350. The second kappa shape index (κ2) is 7.58. The average Bonchev–Trinajstić information content (AvgIpc) is 2.61. The molecule has 1 N–H and O–H groups in total. The van der Waals surface area contributed by atoms with Crippen LogP contribution < -0.4 is 5.32 Å². The highest BCUT2D eigenvalue weighted by molar-refractivity contribution is 5.02. The molecule has 0 amide bonds. The van der Waals surface area contributed by atoms with Gasteiger partial charge in [0.1, 0.15) is 0 Å². The minimum atomic E-state index is 0.350. The Morgan fingerprint density at radius 1 is 1.21 bits per heavy atom. The summed E-state index contributed by atoms with van der Waals surface area (Å²) in [6.07, 6.45) is 2.58. The Morgan fingerprint density at radius 2 is 1.89 bits per heavy atom. The highest BCUT2D eigenvalue weighted by Crippen LogP contribution is 2.37. The second-order valence-electron chi connectivity index (χ2n) is 6.67.